The Morgan fingerprint density at radius 2 is 0.767 bits per heavy atom. The number of benzene rings is 6. The summed E-state index contributed by atoms with van der Waals surface area (Å²) in [4.78, 5) is 27.1. The van der Waals surface area contributed by atoms with Gasteiger partial charge in [0.25, 0.3) is 0 Å². The Hall–Kier alpha value is -7.06. The normalized spacial score (nSPS) is 10.7. The van der Waals surface area contributed by atoms with Crippen LogP contribution in [0.3, 0.4) is 0 Å². The first-order valence-electron chi connectivity index (χ1n) is 20.1. The van der Waals surface area contributed by atoms with Gasteiger partial charge in [-0.2, -0.15) is 0 Å². The van der Waals surface area contributed by atoms with Crippen LogP contribution in [0.1, 0.15) is 35.1 Å². The van der Waals surface area contributed by atoms with Crippen molar-refractivity contribution in [1.29, 1.82) is 0 Å². The average molecular weight is 801 g/mol. The lowest BCUT2D eigenvalue weighted by molar-refractivity contribution is -0.138. The standard InChI is InChI=1S/C52H52N2O6/c1-7-51(55)59-33-9-31-57-47-25-19-43(20-26-47)53(41-15-11-37(3)12-16-41)45-23-29-49(39(5)35-45)50-30-24-46(36-40(50)6)54(42-17-13-38(4)14-18-42)44-21-27-48(28-22-44)58-32-10-34-60-52(56)8-2/h7-8,11-30,35-36H,1-2,9-10,31-34H2,3-6H3. The third kappa shape index (κ3) is 11.1. The van der Waals surface area contributed by atoms with E-state index >= 15 is 0 Å². The highest BCUT2D eigenvalue weighted by atomic mass is 16.5. The Morgan fingerprint density at radius 1 is 0.450 bits per heavy atom. The number of ether oxygens (including phenoxy) is 4. The Morgan fingerprint density at radius 3 is 1.08 bits per heavy atom. The molecular weight excluding hydrogens is 749 g/mol. The van der Waals surface area contributed by atoms with Gasteiger partial charge in [-0.05, 0) is 147 Å². The van der Waals surface area contributed by atoms with Gasteiger partial charge in [-0.1, -0.05) is 60.7 Å². The van der Waals surface area contributed by atoms with Crippen LogP contribution in [-0.4, -0.2) is 38.4 Å². The summed E-state index contributed by atoms with van der Waals surface area (Å²) < 4.78 is 22.0. The van der Waals surface area contributed by atoms with E-state index in [1.54, 1.807) is 0 Å². The molecule has 0 radical (unpaired) electrons. The molecule has 0 bridgehead atoms. The number of esters is 2. The number of carbonyl (C=O) groups is 2. The van der Waals surface area contributed by atoms with E-state index in [1.807, 2.05) is 24.3 Å². The Labute approximate surface area is 353 Å². The summed E-state index contributed by atoms with van der Waals surface area (Å²) >= 11 is 0. The van der Waals surface area contributed by atoms with Gasteiger partial charge in [0, 0.05) is 59.1 Å². The lowest BCUT2D eigenvalue weighted by Crippen LogP contribution is -2.11. The first-order chi connectivity index (χ1) is 29.1. The fraction of sp³-hybridized carbons (Fsp3) is 0.192. The van der Waals surface area contributed by atoms with Crippen LogP contribution in [0, 0.1) is 27.7 Å². The van der Waals surface area contributed by atoms with E-state index in [2.05, 4.69) is 160 Å². The topological polar surface area (TPSA) is 77.5 Å². The average Bonchev–Trinajstić information content (AvgIpc) is 3.26. The van der Waals surface area contributed by atoms with Gasteiger partial charge < -0.3 is 28.7 Å². The van der Waals surface area contributed by atoms with E-state index in [-0.39, 0.29) is 13.2 Å². The highest BCUT2D eigenvalue weighted by molar-refractivity contribution is 5.84. The van der Waals surface area contributed by atoms with E-state index in [9.17, 15) is 9.59 Å². The summed E-state index contributed by atoms with van der Waals surface area (Å²) in [5, 5.41) is 0. The molecule has 0 aromatic heterocycles. The minimum atomic E-state index is -0.431. The van der Waals surface area contributed by atoms with E-state index in [0.717, 1.165) is 80.0 Å². The zero-order chi connectivity index (χ0) is 42.4. The van der Waals surface area contributed by atoms with Crippen LogP contribution in [0.2, 0.25) is 0 Å². The molecule has 6 aromatic carbocycles. The smallest absolute Gasteiger partial charge is 0.330 e. The third-order valence-electron chi connectivity index (χ3n) is 9.94. The minimum absolute atomic E-state index is 0.280. The number of hydrogen-bond acceptors (Lipinski definition) is 8. The molecule has 306 valence electrons. The lowest BCUT2D eigenvalue weighted by Gasteiger charge is -2.27. The van der Waals surface area contributed by atoms with Crippen molar-refractivity contribution < 1.29 is 28.5 Å². The largest absolute Gasteiger partial charge is 0.493 e. The van der Waals surface area contributed by atoms with Gasteiger partial charge in [0.2, 0.25) is 0 Å². The minimum Gasteiger partial charge on any atom is -0.493 e. The number of aryl methyl sites for hydroxylation is 4. The van der Waals surface area contributed by atoms with Crippen molar-refractivity contribution in [3.8, 4) is 22.6 Å². The maximum absolute atomic E-state index is 11.3. The SMILES string of the molecule is C=CC(=O)OCCCOc1ccc(N(c2ccc(C)cc2)c2ccc(-c3ccc(N(c4ccc(C)cc4)c4ccc(OCCCOC(=O)C=C)cc4)cc3C)c(C)c2)cc1. The molecule has 0 spiro atoms. The van der Waals surface area contributed by atoms with Crippen LogP contribution >= 0.6 is 0 Å². The summed E-state index contributed by atoms with van der Waals surface area (Å²) in [6, 6.07) is 46.5. The highest BCUT2D eigenvalue weighted by Crippen LogP contribution is 2.41. The van der Waals surface area contributed by atoms with Gasteiger partial charge >= 0.3 is 11.9 Å². The number of rotatable bonds is 19. The van der Waals surface area contributed by atoms with Crippen molar-refractivity contribution in [2.24, 2.45) is 0 Å². The van der Waals surface area contributed by atoms with E-state index in [0.29, 0.717) is 26.1 Å². The summed E-state index contributed by atoms with van der Waals surface area (Å²) in [7, 11) is 0. The van der Waals surface area contributed by atoms with Gasteiger partial charge in [-0.3, -0.25) is 0 Å². The third-order valence-corrected chi connectivity index (χ3v) is 9.94. The molecule has 0 aliphatic rings. The fourth-order valence-corrected chi connectivity index (χ4v) is 6.80. The maximum atomic E-state index is 11.3. The molecule has 0 saturated carbocycles. The van der Waals surface area contributed by atoms with Crippen molar-refractivity contribution in [2.45, 2.75) is 40.5 Å². The zero-order valence-corrected chi connectivity index (χ0v) is 34.9. The van der Waals surface area contributed by atoms with Crippen LogP contribution < -0.4 is 19.3 Å². The number of carbonyl (C=O) groups excluding carboxylic acids is 2. The fourth-order valence-electron chi connectivity index (χ4n) is 6.80. The molecule has 0 unspecified atom stereocenters. The van der Waals surface area contributed by atoms with Crippen LogP contribution in [0.5, 0.6) is 11.5 Å². The summed E-state index contributed by atoms with van der Waals surface area (Å²) in [6.45, 7) is 16.8. The second-order valence-corrected chi connectivity index (χ2v) is 14.5. The van der Waals surface area contributed by atoms with Gasteiger partial charge in [0.05, 0.1) is 26.4 Å². The van der Waals surface area contributed by atoms with Gasteiger partial charge in [0.1, 0.15) is 11.5 Å². The quantitative estimate of drug-likeness (QED) is 0.0455. The first-order valence-corrected chi connectivity index (χ1v) is 20.1. The molecule has 8 nitrogen and oxygen atoms in total. The van der Waals surface area contributed by atoms with E-state index < -0.39 is 11.9 Å². The predicted molar refractivity (Wildman–Crippen MR) is 243 cm³/mol. The zero-order valence-electron chi connectivity index (χ0n) is 34.9. The second kappa shape index (κ2) is 20.6. The van der Waals surface area contributed by atoms with E-state index in [4.69, 9.17) is 18.9 Å². The van der Waals surface area contributed by atoms with Crippen molar-refractivity contribution in [1.82, 2.24) is 0 Å². The molecule has 0 saturated heterocycles. The van der Waals surface area contributed by atoms with Crippen molar-refractivity contribution in [3.63, 3.8) is 0 Å². The van der Waals surface area contributed by atoms with Gasteiger partial charge in [-0.25, -0.2) is 9.59 Å². The molecule has 0 heterocycles. The molecule has 0 fully saturated rings. The molecule has 8 heteroatoms. The van der Waals surface area contributed by atoms with E-state index in [1.165, 1.54) is 11.1 Å². The Bertz CT molecular complexity index is 2220. The number of anilines is 6. The number of nitrogens with zero attached hydrogens (tertiary/aromatic N) is 2. The second-order valence-electron chi connectivity index (χ2n) is 14.5. The molecule has 60 heavy (non-hydrogen) atoms. The van der Waals surface area contributed by atoms with Gasteiger partial charge in [-0.15, -0.1) is 0 Å². The molecule has 0 N–H and O–H groups in total. The van der Waals surface area contributed by atoms with Crippen LogP contribution in [0.25, 0.3) is 11.1 Å². The Balaban J connectivity index is 1.23. The summed E-state index contributed by atoms with van der Waals surface area (Å²) in [6.07, 6.45) is 3.49. The lowest BCUT2D eigenvalue weighted by atomic mass is 9.95. The molecule has 0 amide bonds. The molecule has 6 rings (SSSR count). The summed E-state index contributed by atoms with van der Waals surface area (Å²) in [5.74, 6) is 0.623. The van der Waals surface area contributed by atoms with Crippen LogP contribution in [-0.2, 0) is 19.1 Å². The molecule has 0 aliphatic heterocycles. The predicted octanol–water partition coefficient (Wildman–Crippen LogP) is 12.5. The first kappa shape index (κ1) is 42.5. The highest BCUT2D eigenvalue weighted by Gasteiger charge is 2.18. The van der Waals surface area contributed by atoms with Gasteiger partial charge in [0.15, 0.2) is 0 Å². The van der Waals surface area contributed by atoms with Crippen molar-refractivity contribution >= 4 is 46.1 Å². The molecule has 0 atom stereocenters. The van der Waals surface area contributed by atoms with Crippen LogP contribution in [0.15, 0.2) is 159 Å². The molecule has 0 aliphatic carbocycles. The van der Waals surface area contributed by atoms with Crippen molar-refractivity contribution in [3.05, 3.63) is 181 Å². The molecular formula is C52H52N2O6. The summed E-state index contributed by atoms with van der Waals surface area (Å²) in [5.41, 5.74) is 13.2. The Kier molecular flexibility index (Phi) is 14.6. The monoisotopic (exact) mass is 800 g/mol. The maximum Gasteiger partial charge on any atom is 0.330 e. The number of hydrogen-bond donors (Lipinski definition) is 0. The van der Waals surface area contributed by atoms with Crippen molar-refractivity contribution in [2.75, 3.05) is 36.2 Å². The molecule has 6 aromatic rings. The van der Waals surface area contributed by atoms with Crippen LogP contribution in [0.4, 0.5) is 34.1 Å².